The van der Waals surface area contributed by atoms with Crippen molar-refractivity contribution in [2.75, 3.05) is 0 Å². The molecule has 1 amide bonds. The number of phenols is 1. The molecule has 0 saturated heterocycles. The first-order valence-corrected chi connectivity index (χ1v) is 6.62. The van der Waals surface area contributed by atoms with Gasteiger partial charge in [0.05, 0.1) is 0 Å². The lowest BCUT2D eigenvalue weighted by atomic mass is 10.1. The second kappa shape index (κ2) is 8.11. The molecular formula is C14H19N3O5. The maximum absolute atomic E-state index is 11.7. The average Bonchev–Trinajstić information content (AvgIpc) is 2.46. The lowest BCUT2D eigenvalue weighted by Crippen LogP contribution is -2.40. The summed E-state index contributed by atoms with van der Waals surface area (Å²) in [6.07, 6.45) is 0.0571. The average molecular weight is 309 g/mol. The molecular weight excluding hydrogens is 290 g/mol. The van der Waals surface area contributed by atoms with Crippen molar-refractivity contribution in [2.24, 2.45) is 17.2 Å². The third kappa shape index (κ3) is 5.90. The fourth-order valence-corrected chi connectivity index (χ4v) is 1.64. The van der Waals surface area contributed by atoms with Gasteiger partial charge < -0.3 is 27.0 Å². The number of rotatable bonds is 7. The molecule has 120 valence electrons. The Hall–Kier alpha value is -2.45. The van der Waals surface area contributed by atoms with Crippen LogP contribution in [0.2, 0.25) is 0 Å². The van der Waals surface area contributed by atoms with Crippen LogP contribution in [0.15, 0.2) is 24.3 Å². The van der Waals surface area contributed by atoms with E-state index in [0.717, 1.165) is 0 Å². The van der Waals surface area contributed by atoms with Crippen LogP contribution in [0.3, 0.4) is 0 Å². The van der Waals surface area contributed by atoms with Gasteiger partial charge >= 0.3 is 11.9 Å². The number of ether oxygens (including phenoxy) is 1. The Balaban J connectivity index is 2.47. The van der Waals surface area contributed by atoms with Crippen LogP contribution in [0.5, 0.6) is 5.75 Å². The number of esters is 2. The van der Waals surface area contributed by atoms with Crippen LogP contribution >= 0.6 is 0 Å². The van der Waals surface area contributed by atoms with Gasteiger partial charge in [0.25, 0.3) is 0 Å². The highest BCUT2D eigenvalue weighted by Gasteiger charge is 2.23. The van der Waals surface area contributed by atoms with Gasteiger partial charge in [-0.25, -0.2) is 9.59 Å². The van der Waals surface area contributed by atoms with E-state index in [1.54, 1.807) is 12.1 Å². The first-order chi connectivity index (χ1) is 10.3. The maximum Gasteiger partial charge on any atom is 0.330 e. The van der Waals surface area contributed by atoms with Crippen LogP contribution in [-0.4, -0.2) is 35.0 Å². The van der Waals surface area contributed by atoms with E-state index in [2.05, 4.69) is 4.74 Å². The lowest BCUT2D eigenvalue weighted by molar-refractivity contribution is -0.161. The van der Waals surface area contributed by atoms with Crippen molar-refractivity contribution in [2.45, 2.75) is 31.3 Å². The molecule has 2 atom stereocenters. The van der Waals surface area contributed by atoms with E-state index in [-0.39, 0.29) is 25.0 Å². The van der Waals surface area contributed by atoms with E-state index >= 15 is 0 Å². The summed E-state index contributed by atoms with van der Waals surface area (Å²) in [5.74, 6) is -2.37. The monoisotopic (exact) mass is 309 g/mol. The standard InChI is InChI=1S/C14H19N3O5/c15-10(5-6-12(17)19)13(20)22-14(21)11(16)7-8-1-3-9(18)4-2-8/h1-4,10-11,18H,5-7,15-16H2,(H2,17,19)/t10-,11-/m0/s1. The first-order valence-electron chi connectivity index (χ1n) is 6.62. The minimum atomic E-state index is -1.11. The zero-order chi connectivity index (χ0) is 16.7. The number of carbonyl (C=O) groups is 3. The summed E-state index contributed by atoms with van der Waals surface area (Å²) in [6.45, 7) is 0. The highest BCUT2D eigenvalue weighted by Crippen LogP contribution is 2.11. The smallest absolute Gasteiger partial charge is 0.330 e. The van der Waals surface area contributed by atoms with Crippen LogP contribution in [0.4, 0.5) is 0 Å². The van der Waals surface area contributed by atoms with E-state index in [1.165, 1.54) is 12.1 Å². The number of amides is 1. The Morgan fingerprint density at radius 3 is 2.14 bits per heavy atom. The SMILES string of the molecule is NC(=O)CC[C@H](N)C(=O)OC(=O)[C@@H](N)Cc1ccc(O)cc1. The summed E-state index contributed by atoms with van der Waals surface area (Å²) in [5, 5.41) is 9.16. The maximum atomic E-state index is 11.7. The molecule has 0 bridgehead atoms. The summed E-state index contributed by atoms with van der Waals surface area (Å²) in [6, 6.07) is 3.96. The molecule has 8 heteroatoms. The molecule has 0 unspecified atom stereocenters. The third-order valence-electron chi connectivity index (χ3n) is 2.90. The number of hydrogen-bond acceptors (Lipinski definition) is 7. The van der Waals surface area contributed by atoms with Crippen molar-refractivity contribution in [1.82, 2.24) is 0 Å². The summed E-state index contributed by atoms with van der Waals surface area (Å²) in [5.41, 5.74) is 16.8. The van der Waals surface area contributed by atoms with Crippen molar-refractivity contribution in [3.8, 4) is 5.75 Å². The number of benzene rings is 1. The quantitative estimate of drug-likeness (QED) is 0.368. The van der Waals surface area contributed by atoms with E-state index in [0.29, 0.717) is 5.56 Å². The van der Waals surface area contributed by atoms with Crippen molar-refractivity contribution in [3.63, 3.8) is 0 Å². The fourth-order valence-electron chi connectivity index (χ4n) is 1.64. The van der Waals surface area contributed by atoms with Gasteiger partial charge in [-0.05, 0) is 30.5 Å². The first kappa shape index (κ1) is 17.6. The number of phenolic OH excluding ortho intramolecular Hbond substituents is 1. The van der Waals surface area contributed by atoms with Gasteiger partial charge in [-0.2, -0.15) is 0 Å². The van der Waals surface area contributed by atoms with Crippen molar-refractivity contribution in [3.05, 3.63) is 29.8 Å². The van der Waals surface area contributed by atoms with E-state index < -0.39 is 29.9 Å². The van der Waals surface area contributed by atoms with Crippen LogP contribution in [0.1, 0.15) is 18.4 Å². The van der Waals surface area contributed by atoms with Crippen LogP contribution in [0.25, 0.3) is 0 Å². The summed E-state index contributed by atoms with van der Waals surface area (Å²) in [4.78, 5) is 33.9. The van der Waals surface area contributed by atoms with Crippen LogP contribution < -0.4 is 17.2 Å². The van der Waals surface area contributed by atoms with Gasteiger partial charge in [-0.3, -0.25) is 4.79 Å². The van der Waals surface area contributed by atoms with Gasteiger partial charge in [0.1, 0.15) is 17.8 Å². The Kier molecular flexibility index (Phi) is 6.48. The van der Waals surface area contributed by atoms with Gasteiger partial charge in [0.15, 0.2) is 0 Å². The molecule has 22 heavy (non-hydrogen) atoms. The largest absolute Gasteiger partial charge is 0.508 e. The second-order valence-electron chi connectivity index (χ2n) is 4.83. The Labute approximate surface area is 127 Å². The number of carbonyl (C=O) groups excluding carboxylic acids is 3. The molecule has 0 aromatic heterocycles. The summed E-state index contributed by atoms with van der Waals surface area (Å²) in [7, 11) is 0. The number of primary amides is 1. The zero-order valence-electron chi connectivity index (χ0n) is 11.9. The van der Waals surface area contributed by atoms with E-state index in [1.807, 2.05) is 0 Å². The molecule has 1 rings (SSSR count). The molecule has 0 heterocycles. The highest BCUT2D eigenvalue weighted by molar-refractivity contribution is 5.91. The molecule has 0 aliphatic carbocycles. The van der Waals surface area contributed by atoms with Gasteiger partial charge in [-0.1, -0.05) is 12.1 Å². The molecule has 0 fully saturated rings. The molecule has 8 nitrogen and oxygen atoms in total. The molecule has 1 aromatic carbocycles. The summed E-state index contributed by atoms with van der Waals surface area (Å²) >= 11 is 0. The van der Waals surface area contributed by atoms with Gasteiger partial charge in [-0.15, -0.1) is 0 Å². The Morgan fingerprint density at radius 2 is 1.59 bits per heavy atom. The predicted octanol–water partition coefficient (Wildman–Crippen LogP) is -1.08. The van der Waals surface area contributed by atoms with E-state index in [9.17, 15) is 14.4 Å². The van der Waals surface area contributed by atoms with Crippen molar-refractivity contribution >= 4 is 17.8 Å². The Morgan fingerprint density at radius 1 is 1.05 bits per heavy atom. The highest BCUT2D eigenvalue weighted by atomic mass is 16.6. The summed E-state index contributed by atoms with van der Waals surface area (Å²) < 4.78 is 4.57. The van der Waals surface area contributed by atoms with Gasteiger partial charge in [0, 0.05) is 6.42 Å². The molecule has 1 aromatic rings. The molecule has 0 aliphatic rings. The molecule has 0 radical (unpaired) electrons. The third-order valence-corrected chi connectivity index (χ3v) is 2.90. The number of hydrogen-bond donors (Lipinski definition) is 4. The second-order valence-corrected chi connectivity index (χ2v) is 4.83. The fraction of sp³-hybridized carbons (Fsp3) is 0.357. The predicted molar refractivity (Wildman–Crippen MR) is 77.3 cm³/mol. The molecule has 0 spiro atoms. The normalized spacial score (nSPS) is 13.2. The zero-order valence-corrected chi connectivity index (χ0v) is 11.9. The Bertz CT molecular complexity index is 544. The van der Waals surface area contributed by atoms with E-state index in [4.69, 9.17) is 22.3 Å². The minimum Gasteiger partial charge on any atom is -0.508 e. The van der Waals surface area contributed by atoms with Crippen LogP contribution in [0, 0.1) is 0 Å². The molecule has 0 aliphatic heterocycles. The topological polar surface area (TPSA) is 159 Å². The van der Waals surface area contributed by atoms with Gasteiger partial charge in [0.2, 0.25) is 5.91 Å². The minimum absolute atomic E-state index is 0.00531. The number of aromatic hydroxyl groups is 1. The molecule has 7 N–H and O–H groups in total. The van der Waals surface area contributed by atoms with Crippen molar-refractivity contribution < 1.29 is 24.2 Å². The van der Waals surface area contributed by atoms with Crippen LogP contribution in [-0.2, 0) is 25.5 Å². The molecule has 0 saturated carbocycles. The lowest BCUT2D eigenvalue weighted by Gasteiger charge is -2.13. The number of nitrogens with two attached hydrogens (primary N) is 3. The van der Waals surface area contributed by atoms with Crippen molar-refractivity contribution in [1.29, 1.82) is 0 Å².